The lowest BCUT2D eigenvalue weighted by atomic mass is 10.1. The van der Waals surface area contributed by atoms with E-state index in [2.05, 4.69) is 0 Å². The predicted octanol–water partition coefficient (Wildman–Crippen LogP) is -0.535. The number of carboxylic acids is 3. The highest BCUT2D eigenvalue weighted by atomic mass is 16.5. The minimum absolute atomic E-state index is 0.0833. The number of rotatable bonds is 3. The molecule has 8 nitrogen and oxygen atoms in total. The standard InChI is InChI=1S/C8H6O4.C2H4O4/c9-7(10)5-1-2-6(4-3-5)8(11)12;3-1(4)2(5)6/h1-4H,(H,9,10)(H,11,12);1,3-4H,(H,5,6). The van der Waals surface area contributed by atoms with Gasteiger partial charge in [-0.3, -0.25) is 0 Å². The average molecular weight is 258 g/mol. The van der Waals surface area contributed by atoms with Crippen LogP contribution < -0.4 is 0 Å². The summed E-state index contributed by atoms with van der Waals surface area (Å²) in [5.74, 6) is -3.76. The van der Waals surface area contributed by atoms with E-state index in [0.717, 1.165) is 0 Å². The topological polar surface area (TPSA) is 152 Å². The Morgan fingerprint density at radius 3 is 1.11 bits per heavy atom. The number of aliphatic carboxylic acids is 1. The first-order valence-corrected chi connectivity index (χ1v) is 4.41. The molecule has 1 aromatic rings. The Morgan fingerprint density at radius 2 is 1.00 bits per heavy atom. The highest BCUT2D eigenvalue weighted by molar-refractivity contribution is 5.91. The molecule has 5 N–H and O–H groups in total. The van der Waals surface area contributed by atoms with E-state index in [1.165, 1.54) is 24.3 Å². The van der Waals surface area contributed by atoms with Gasteiger partial charge in [0.05, 0.1) is 11.1 Å². The maximum Gasteiger partial charge on any atom is 0.360 e. The van der Waals surface area contributed by atoms with Crippen LogP contribution >= 0.6 is 0 Å². The van der Waals surface area contributed by atoms with Gasteiger partial charge in [-0.15, -0.1) is 0 Å². The van der Waals surface area contributed by atoms with Crippen LogP contribution in [0.5, 0.6) is 0 Å². The van der Waals surface area contributed by atoms with E-state index in [9.17, 15) is 14.4 Å². The summed E-state index contributed by atoms with van der Waals surface area (Å²) >= 11 is 0. The highest BCUT2D eigenvalue weighted by Crippen LogP contribution is 2.03. The molecule has 0 unspecified atom stereocenters. The van der Waals surface area contributed by atoms with Gasteiger partial charge in [-0.1, -0.05) is 0 Å². The van der Waals surface area contributed by atoms with Crippen molar-refractivity contribution in [1.29, 1.82) is 0 Å². The lowest BCUT2D eigenvalue weighted by molar-refractivity contribution is -0.165. The summed E-state index contributed by atoms with van der Waals surface area (Å²) < 4.78 is 0. The van der Waals surface area contributed by atoms with E-state index < -0.39 is 24.2 Å². The third kappa shape index (κ3) is 5.58. The molecule has 0 bridgehead atoms. The summed E-state index contributed by atoms with van der Waals surface area (Å²) in [6.45, 7) is 0. The van der Waals surface area contributed by atoms with Crippen molar-refractivity contribution >= 4 is 17.9 Å². The number of aliphatic hydroxyl groups excluding tert-OH is 1. The van der Waals surface area contributed by atoms with Crippen molar-refractivity contribution in [3.8, 4) is 0 Å². The number of hydrogen-bond acceptors (Lipinski definition) is 5. The van der Waals surface area contributed by atoms with Crippen LogP contribution in [0.3, 0.4) is 0 Å². The maximum atomic E-state index is 10.3. The first-order valence-electron chi connectivity index (χ1n) is 4.41. The van der Waals surface area contributed by atoms with Crippen molar-refractivity contribution in [1.82, 2.24) is 0 Å². The largest absolute Gasteiger partial charge is 0.478 e. The van der Waals surface area contributed by atoms with Crippen LogP contribution in [0.2, 0.25) is 0 Å². The molecule has 0 saturated carbocycles. The van der Waals surface area contributed by atoms with E-state index in [1.807, 2.05) is 0 Å². The monoisotopic (exact) mass is 258 g/mol. The van der Waals surface area contributed by atoms with Crippen LogP contribution in [-0.2, 0) is 4.79 Å². The van der Waals surface area contributed by atoms with Gasteiger partial charge in [0.1, 0.15) is 0 Å². The van der Waals surface area contributed by atoms with Crippen LogP contribution in [0.15, 0.2) is 24.3 Å². The van der Waals surface area contributed by atoms with E-state index in [-0.39, 0.29) is 11.1 Å². The molecule has 18 heavy (non-hydrogen) atoms. The summed E-state index contributed by atoms with van der Waals surface area (Å²) in [6.07, 6.45) is -2.23. The van der Waals surface area contributed by atoms with Crippen LogP contribution in [0.1, 0.15) is 20.7 Å². The van der Waals surface area contributed by atoms with Gasteiger partial charge in [-0.2, -0.15) is 0 Å². The zero-order valence-corrected chi connectivity index (χ0v) is 8.85. The second kappa shape index (κ2) is 6.99. The van der Waals surface area contributed by atoms with Crippen molar-refractivity contribution in [2.75, 3.05) is 0 Å². The van der Waals surface area contributed by atoms with E-state index in [4.69, 9.17) is 25.5 Å². The maximum absolute atomic E-state index is 10.3. The van der Waals surface area contributed by atoms with Gasteiger partial charge in [-0.05, 0) is 24.3 Å². The molecule has 0 aliphatic carbocycles. The lowest BCUT2D eigenvalue weighted by Crippen LogP contribution is -2.17. The van der Waals surface area contributed by atoms with Gasteiger partial charge < -0.3 is 25.5 Å². The molecule has 0 aromatic heterocycles. The number of hydrogen-bond donors (Lipinski definition) is 5. The molecule has 1 aromatic carbocycles. The molecule has 0 radical (unpaired) electrons. The number of carboxylic acid groups (broad SMARTS) is 3. The predicted molar refractivity (Wildman–Crippen MR) is 56.2 cm³/mol. The Labute approximate surface area is 100 Å². The summed E-state index contributed by atoms with van der Waals surface area (Å²) in [6, 6.07) is 5.02. The Balaban J connectivity index is 0.000000411. The van der Waals surface area contributed by atoms with Gasteiger partial charge in [-0.25, -0.2) is 14.4 Å². The molecule has 0 heterocycles. The van der Waals surface area contributed by atoms with Gasteiger partial charge in [0.15, 0.2) is 0 Å². The van der Waals surface area contributed by atoms with Gasteiger partial charge in [0.2, 0.25) is 0 Å². The number of aromatic carboxylic acids is 2. The van der Waals surface area contributed by atoms with Crippen molar-refractivity contribution < 1.29 is 39.9 Å². The van der Waals surface area contributed by atoms with E-state index in [0.29, 0.717) is 0 Å². The fourth-order valence-corrected chi connectivity index (χ4v) is 0.755. The number of benzene rings is 1. The Morgan fingerprint density at radius 1 is 0.778 bits per heavy atom. The van der Waals surface area contributed by atoms with Crippen LogP contribution in [-0.4, -0.2) is 49.7 Å². The first-order chi connectivity index (χ1) is 8.25. The molecular formula is C10H10O8. The molecule has 8 heteroatoms. The van der Waals surface area contributed by atoms with Crippen LogP contribution in [0, 0.1) is 0 Å². The van der Waals surface area contributed by atoms with Gasteiger partial charge in [0, 0.05) is 0 Å². The molecule has 0 saturated heterocycles. The van der Waals surface area contributed by atoms with E-state index in [1.54, 1.807) is 0 Å². The Kier molecular flexibility index (Phi) is 6.04. The SMILES string of the molecule is O=C(O)C(O)O.O=C(O)c1ccc(C(=O)O)cc1. The molecule has 0 atom stereocenters. The summed E-state index contributed by atoms with van der Waals surface area (Å²) in [5.41, 5.74) is 0.167. The summed E-state index contributed by atoms with van der Waals surface area (Å²) in [4.78, 5) is 29.9. The van der Waals surface area contributed by atoms with Crippen LogP contribution in [0.4, 0.5) is 0 Å². The van der Waals surface area contributed by atoms with Crippen molar-refractivity contribution in [3.05, 3.63) is 35.4 Å². The smallest absolute Gasteiger partial charge is 0.360 e. The van der Waals surface area contributed by atoms with Crippen molar-refractivity contribution in [3.63, 3.8) is 0 Å². The Hall–Kier alpha value is -2.45. The zero-order valence-electron chi connectivity index (χ0n) is 8.85. The summed E-state index contributed by atoms with van der Waals surface area (Å²) in [7, 11) is 0. The molecule has 0 fully saturated rings. The molecule has 0 aliphatic heterocycles. The molecule has 98 valence electrons. The molecule has 0 aliphatic rings. The van der Waals surface area contributed by atoms with Gasteiger partial charge in [0.25, 0.3) is 6.29 Å². The normalized spacial score (nSPS) is 9.28. The van der Waals surface area contributed by atoms with Crippen molar-refractivity contribution in [2.24, 2.45) is 0 Å². The molecule has 0 amide bonds. The van der Waals surface area contributed by atoms with Gasteiger partial charge >= 0.3 is 17.9 Å². The fourth-order valence-electron chi connectivity index (χ4n) is 0.755. The lowest BCUT2D eigenvalue weighted by Gasteiger charge is -1.94. The second-order valence-corrected chi connectivity index (χ2v) is 2.90. The highest BCUT2D eigenvalue weighted by Gasteiger charge is 2.05. The number of aliphatic hydroxyl groups is 2. The average Bonchev–Trinajstić information content (AvgIpc) is 2.29. The minimum atomic E-state index is -2.23. The third-order valence-electron chi connectivity index (χ3n) is 1.60. The third-order valence-corrected chi connectivity index (χ3v) is 1.60. The van der Waals surface area contributed by atoms with Crippen LogP contribution in [0.25, 0.3) is 0 Å². The molecule has 1 rings (SSSR count). The molecule has 0 spiro atoms. The second-order valence-electron chi connectivity index (χ2n) is 2.90. The first kappa shape index (κ1) is 15.6. The van der Waals surface area contributed by atoms with E-state index >= 15 is 0 Å². The zero-order chi connectivity index (χ0) is 14.3. The van der Waals surface area contributed by atoms with Crippen molar-refractivity contribution in [2.45, 2.75) is 6.29 Å². The number of carbonyl (C=O) groups is 3. The summed E-state index contributed by atoms with van der Waals surface area (Å²) in [5, 5.41) is 39.6. The quantitative estimate of drug-likeness (QED) is 0.453. The molecular weight excluding hydrogens is 248 g/mol. The fraction of sp³-hybridized carbons (Fsp3) is 0.100. The minimum Gasteiger partial charge on any atom is -0.478 e. The Bertz CT molecular complexity index is 401.